The van der Waals surface area contributed by atoms with Gasteiger partial charge in [0.05, 0.1) is 35.5 Å². The number of nitriles is 1. The summed E-state index contributed by atoms with van der Waals surface area (Å²) in [5.74, 6) is -0.190. The van der Waals surface area contributed by atoms with Crippen LogP contribution in [0, 0.1) is 17.1 Å². The molecular weight excluding hydrogens is 409 g/mol. The maximum absolute atomic E-state index is 14.8. The van der Waals surface area contributed by atoms with Gasteiger partial charge in [-0.3, -0.25) is 4.98 Å². The van der Waals surface area contributed by atoms with Gasteiger partial charge in [0.15, 0.2) is 17.3 Å². The Balaban J connectivity index is 1.81. The summed E-state index contributed by atoms with van der Waals surface area (Å²) in [6.07, 6.45) is 4.31. The van der Waals surface area contributed by atoms with E-state index in [0.29, 0.717) is 23.4 Å². The largest absolute Gasteiger partial charge is 0.368 e. The van der Waals surface area contributed by atoms with Crippen molar-refractivity contribution in [2.24, 2.45) is 0 Å². The third kappa shape index (κ3) is 3.27. The predicted octanol–water partition coefficient (Wildman–Crippen LogP) is 2.83. The van der Waals surface area contributed by atoms with Crippen LogP contribution in [0.4, 0.5) is 10.3 Å². The van der Waals surface area contributed by atoms with E-state index in [-0.39, 0.29) is 28.5 Å². The Labute approximate surface area is 181 Å². The number of hydrogen-bond acceptors (Lipinski definition) is 8. The lowest BCUT2D eigenvalue weighted by atomic mass is 9.99. The van der Waals surface area contributed by atoms with Crippen molar-refractivity contribution in [3.05, 3.63) is 84.1 Å². The Morgan fingerprint density at radius 1 is 1.03 bits per heavy atom. The Morgan fingerprint density at radius 3 is 2.66 bits per heavy atom. The number of nitrogens with two attached hydrogens (primary N) is 1. The molecule has 2 N–H and O–H groups in total. The number of benzene rings is 1. The van der Waals surface area contributed by atoms with E-state index in [0.717, 1.165) is 11.9 Å². The zero-order valence-electron chi connectivity index (χ0n) is 16.5. The van der Waals surface area contributed by atoms with Crippen LogP contribution in [0.5, 0.6) is 0 Å². The van der Waals surface area contributed by atoms with Gasteiger partial charge >= 0.3 is 0 Å². The van der Waals surface area contributed by atoms with Crippen molar-refractivity contribution in [2.45, 2.75) is 6.42 Å². The number of rotatable bonds is 4. The highest BCUT2D eigenvalue weighted by Crippen LogP contribution is 2.36. The third-order valence-corrected chi connectivity index (χ3v) is 4.83. The highest BCUT2D eigenvalue weighted by Gasteiger charge is 2.24. The highest BCUT2D eigenvalue weighted by molar-refractivity contribution is 5.90. The number of aromatic nitrogens is 7. The normalized spacial score (nSPS) is 10.9. The van der Waals surface area contributed by atoms with Crippen LogP contribution >= 0.6 is 0 Å². The zero-order valence-corrected chi connectivity index (χ0v) is 16.5. The minimum absolute atomic E-state index is 0.0166. The predicted molar refractivity (Wildman–Crippen MR) is 113 cm³/mol. The van der Waals surface area contributed by atoms with Gasteiger partial charge in [0, 0.05) is 17.5 Å². The number of anilines is 1. The van der Waals surface area contributed by atoms with E-state index in [9.17, 15) is 9.65 Å². The molecule has 0 aliphatic heterocycles. The minimum atomic E-state index is -0.661. The fourth-order valence-electron chi connectivity index (χ4n) is 3.44. The molecule has 1 aromatic carbocycles. The van der Waals surface area contributed by atoms with Crippen LogP contribution in [0.2, 0.25) is 0 Å². The molecule has 0 bridgehead atoms. The van der Waals surface area contributed by atoms with Crippen molar-refractivity contribution in [3.8, 4) is 28.6 Å². The molecule has 0 unspecified atom stereocenters. The van der Waals surface area contributed by atoms with Gasteiger partial charge in [-0.1, -0.05) is 24.3 Å². The number of fused-ring (bicyclic) bond motifs is 1. The van der Waals surface area contributed by atoms with E-state index in [2.05, 4.69) is 36.1 Å². The fourth-order valence-corrected chi connectivity index (χ4v) is 3.44. The zero-order chi connectivity index (χ0) is 22.1. The van der Waals surface area contributed by atoms with Crippen molar-refractivity contribution in [1.29, 1.82) is 5.26 Å². The molecule has 5 aromatic rings. The second kappa shape index (κ2) is 7.81. The first-order valence-corrected chi connectivity index (χ1v) is 9.56. The number of halogens is 1. The molecule has 0 fully saturated rings. The molecule has 154 valence electrons. The van der Waals surface area contributed by atoms with Gasteiger partial charge in [0.25, 0.3) is 0 Å². The van der Waals surface area contributed by atoms with Crippen molar-refractivity contribution in [1.82, 2.24) is 34.5 Å². The second-order valence-electron chi connectivity index (χ2n) is 6.83. The lowest BCUT2D eigenvalue weighted by Gasteiger charge is -2.12. The summed E-state index contributed by atoms with van der Waals surface area (Å²) in [7, 11) is 0. The molecule has 0 saturated heterocycles. The number of nitrogen functional groups attached to an aromatic ring is 1. The van der Waals surface area contributed by atoms with Crippen LogP contribution in [0.15, 0.2) is 61.2 Å². The van der Waals surface area contributed by atoms with Crippen LogP contribution in [-0.4, -0.2) is 34.5 Å². The van der Waals surface area contributed by atoms with Crippen LogP contribution < -0.4 is 5.73 Å². The van der Waals surface area contributed by atoms with Gasteiger partial charge in [0.1, 0.15) is 12.0 Å². The third-order valence-electron chi connectivity index (χ3n) is 4.83. The van der Waals surface area contributed by atoms with Crippen LogP contribution in [0.3, 0.4) is 0 Å². The molecular formula is C22H14FN9. The first kappa shape index (κ1) is 19.2. The van der Waals surface area contributed by atoms with Crippen LogP contribution in [0.1, 0.15) is 17.1 Å². The molecule has 4 heterocycles. The standard InChI is InChI=1S/C22H14FN9/c23-16-11-26-12-28-20(16)18-19(15-7-2-1-5-13(15)10-24)30-22(25)32-21(18)29-17(31-32)9-14-6-3-4-8-27-14/h1-8,11-12H,9H2,(H2,25,30). The average Bonchev–Trinajstić information content (AvgIpc) is 3.24. The van der Waals surface area contributed by atoms with Gasteiger partial charge in [0.2, 0.25) is 5.95 Å². The molecule has 0 radical (unpaired) electrons. The number of nitrogens with zero attached hydrogens (tertiary/aromatic N) is 8. The number of pyridine rings is 1. The summed E-state index contributed by atoms with van der Waals surface area (Å²) in [6.45, 7) is 0. The average molecular weight is 423 g/mol. The summed E-state index contributed by atoms with van der Waals surface area (Å²) < 4.78 is 16.2. The Kier molecular flexibility index (Phi) is 4.68. The SMILES string of the molecule is N#Cc1ccccc1-c1nc(N)n2nc(Cc3ccccn3)nc2c1-c1ncncc1F. The molecule has 0 atom stereocenters. The van der Waals surface area contributed by atoms with Crippen molar-refractivity contribution < 1.29 is 4.39 Å². The Hall–Kier alpha value is -4.78. The monoisotopic (exact) mass is 423 g/mol. The van der Waals surface area contributed by atoms with E-state index in [4.69, 9.17) is 5.73 Å². The minimum Gasteiger partial charge on any atom is -0.368 e. The molecule has 0 aliphatic carbocycles. The van der Waals surface area contributed by atoms with E-state index in [1.165, 1.54) is 10.8 Å². The van der Waals surface area contributed by atoms with Gasteiger partial charge in [-0.2, -0.15) is 9.78 Å². The smallest absolute Gasteiger partial charge is 0.223 e. The van der Waals surface area contributed by atoms with Crippen LogP contribution in [0.25, 0.3) is 28.2 Å². The molecule has 0 saturated carbocycles. The van der Waals surface area contributed by atoms with Crippen molar-refractivity contribution >= 4 is 11.6 Å². The molecule has 0 spiro atoms. The second-order valence-corrected chi connectivity index (χ2v) is 6.83. The summed E-state index contributed by atoms with van der Waals surface area (Å²) in [5, 5.41) is 14.0. The van der Waals surface area contributed by atoms with Crippen molar-refractivity contribution in [3.63, 3.8) is 0 Å². The summed E-state index contributed by atoms with van der Waals surface area (Å²) in [4.78, 5) is 21.2. The quantitative estimate of drug-likeness (QED) is 0.467. The van der Waals surface area contributed by atoms with Gasteiger partial charge in [-0.25, -0.2) is 24.3 Å². The van der Waals surface area contributed by atoms with E-state index in [1.807, 2.05) is 18.2 Å². The van der Waals surface area contributed by atoms with Gasteiger partial charge < -0.3 is 5.73 Å². The maximum atomic E-state index is 14.8. The summed E-state index contributed by atoms with van der Waals surface area (Å²) in [6, 6.07) is 14.5. The van der Waals surface area contributed by atoms with Crippen molar-refractivity contribution in [2.75, 3.05) is 5.73 Å². The Morgan fingerprint density at radius 2 is 1.88 bits per heavy atom. The number of hydrogen-bond donors (Lipinski definition) is 1. The van der Waals surface area contributed by atoms with Gasteiger partial charge in [-0.15, -0.1) is 5.10 Å². The topological polar surface area (TPSA) is 132 Å². The molecule has 10 heteroatoms. The van der Waals surface area contributed by atoms with Crippen LogP contribution in [-0.2, 0) is 6.42 Å². The van der Waals surface area contributed by atoms with E-state index in [1.54, 1.807) is 30.5 Å². The molecule has 9 nitrogen and oxygen atoms in total. The lowest BCUT2D eigenvalue weighted by Crippen LogP contribution is -2.07. The van der Waals surface area contributed by atoms with E-state index < -0.39 is 5.82 Å². The van der Waals surface area contributed by atoms with Gasteiger partial charge in [-0.05, 0) is 18.2 Å². The molecule has 5 rings (SSSR count). The first-order chi connectivity index (χ1) is 15.7. The first-order valence-electron chi connectivity index (χ1n) is 9.56. The highest BCUT2D eigenvalue weighted by atomic mass is 19.1. The Bertz CT molecular complexity index is 1490. The van der Waals surface area contributed by atoms with E-state index >= 15 is 0 Å². The molecule has 0 aliphatic rings. The maximum Gasteiger partial charge on any atom is 0.223 e. The molecule has 4 aromatic heterocycles. The molecule has 0 amide bonds. The summed E-state index contributed by atoms with van der Waals surface area (Å²) in [5.41, 5.74) is 8.59. The lowest BCUT2D eigenvalue weighted by molar-refractivity contribution is 0.618. The fraction of sp³-hybridized carbons (Fsp3) is 0.0455. The summed E-state index contributed by atoms with van der Waals surface area (Å²) >= 11 is 0. The molecule has 32 heavy (non-hydrogen) atoms.